The molecule has 0 aromatic heterocycles. The highest BCUT2D eigenvalue weighted by molar-refractivity contribution is 5.96. The fraction of sp³-hybridized carbons (Fsp3) is 0.529. The van der Waals surface area contributed by atoms with Gasteiger partial charge in [-0.1, -0.05) is 12.1 Å². The molecule has 1 saturated heterocycles. The Hall–Kier alpha value is -1.84. The first-order valence-electron chi connectivity index (χ1n) is 7.48. The average molecular weight is 289 g/mol. The lowest BCUT2D eigenvalue weighted by molar-refractivity contribution is -0.142. The van der Waals surface area contributed by atoms with Crippen LogP contribution in [0.1, 0.15) is 47.2 Å². The molecule has 0 saturated carbocycles. The summed E-state index contributed by atoms with van der Waals surface area (Å²) in [5.74, 6) is -0.217. The quantitative estimate of drug-likeness (QED) is 0.804. The molecule has 0 bridgehead atoms. The van der Waals surface area contributed by atoms with Crippen molar-refractivity contribution in [2.75, 3.05) is 13.7 Å². The van der Waals surface area contributed by atoms with E-state index in [1.165, 1.54) is 7.11 Å². The van der Waals surface area contributed by atoms with Gasteiger partial charge in [-0.15, -0.1) is 0 Å². The fourth-order valence-corrected chi connectivity index (χ4v) is 2.89. The molecular formula is C17H23NO3. The second kappa shape index (κ2) is 6.74. The van der Waals surface area contributed by atoms with E-state index in [1.54, 1.807) is 0 Å². The minimum absolute atomic E-state index is 0.0322. The van der Waals surface area contributed by atoms with Crippen LogP contribution in [-0.2, 0) is 9.53 Å². The third-order valence-electron chi connectivity index (χ3n) is 4.35. The zero-order valence-corrected chi connectivity index (χ0v) is 13.0. The van der Waals surface area contributed by atoms with Gasteiger partial charge in [-0.05, 0) is 50.3 Å². The van der Waals surface area contributed by atoms with Gasteiger partial charge in [0.25, 0.3) is 5.91 Å². The number of nitrogens with zero attached hydrogens (tertiary/aromatic N) is 1. The molecule has 21 heavy (non-hydrogen) atoms. The Morgan fingerprint density at radius 2 is 2.05 bits per heavy atom. The summed E-state index contributed by atoms with van der Waals surface area (Å²) in [6.07, 6.45) is 3.20. The lowest BCUT2D eigenvalue weighted by Crippen LogP contribution is -2.45. The summed E-state index contributed by atoms with van der Waals surface area (Å²) < 4.78 is 4.75. The van der Waals surface area contributed by atoms with Crippen LogP contribution in [0.3, 0.4) is 0 Å². The van der Waals surface area contributed by atoms with Crippen molar-refractivity contribution in [1.29, 1.82) is 0 Å². The van der Waals surface area contributed by atoms with Crippen molar-refractivity contribution in [2.24, 2.45) is 0 Å². The van der Waals surface area contributed by atoms with E-state index in [4.69, 9.17) is 4.74 Å². The number of hydrogen-bond acceptors (Lipinski definition) is 3. The van der Waals surface area contributed by atoms with Gasteiger partial charge in [-0.3, -0.25) is 9.59 Å². The Kier molecular flexibility index (Phi) is 4.99. The molecule has 0 aliphatic carbocycles. The van der Waals surface area contributed by atoms with Gasteiger partial charge in [0.05, 0.1) is 13.5 Å². The monoisotopic (exact) mass is 289 g/mol. The van der Waals surface area contributed by atoms with Crippen LogP contribution in [0, 0.1) is 13.8 Å². The van der Waals surface area contributed by atoms with Crippen LogP contribution in [0.25, 0.3) is 0 Å². The number of likely N-dealkylation sites (tertiary alicyclic amines) is 1. The molecule has 1 aliphatic rings. The van der Waals surface area contributed by atoms with Crippen molar-refractivity contribution < 1.29 is 14.3 Å². The average Bonchev–Trinajstić information content (AvgIpc) is 2.50. The molecule has 1 atom stereocenters. The van der Waals surface area contributed by atoms with Gasteiger partial charge in [-0.2, -0.15) is 0 Å². The molecule has 1 aliphatic heterocycles. The van der Waals surface area contributed by atoms with Crippen molar-refractivity contribution >= 4 is 11.9 Å². The van der Waals surface area contributed by atoms with E-state index in [2.05, 4.69) is 0 Å². The fourth-order valence-electron chi connectivity index (χ4n) is 2.89. The molecule has 114 valence electrons. The van der Waals surface area contributed by atoms with Crippen LogP contribution in [-0.4, -0.2) is 36.5 Å². The standard InChI is InChI=1S/C17H23NO3/c1-12-7-6-9-15(13(12)2)17(20)18-10-5-4-8-14(18)11-16(19)21-3/h6-7,9,14H,4-5,8,10-11H2,1-3H3. The molecule has 4 nitrogen and oxygen atoms in total. The van der Waals surface area contributed by atoms with Crippen LogP contribution in [0.2, 0.25) is 0 Å². The number of carbonyl (C=O) groups is 2. The van der Waals surface area contributed by atoms with Gasteiger partial charge in [0.15, 0.2) is 0 Å². The maximum absolute atomic E-state index is 12.8. The molecule has 1 amide bonds. The van der Waals surface area contributed by atoms with Crippen LogP contribution >= 0.6 is 0 Å². The molecule has 1 fully saturated rings. The number of amides is 1. The molecule has 0 spiro atoms. The second-order valence-electron chi connectivity index (χ2n) is 5.68. The summed E-state index contributed by atoms with van der Waals surface area (Å²) >= 11 is 0. The Morgan fingerprint density at radius 3 is 2.76 bits per heavy atom. The van der Waals surface area contributed by atoms with Crippen LogP contribution < -0.4 is 0 Å². The van der Waals surface area contributed by atoms with E-state index >= 15 is 0 Å². The molecular weight excluding hydrogens is 266 g/mol. The first kappa shape index (κ1) is 15.5. The lowest BCUT2D eigenvalue weighted by Gasteiger charge is -2.35. The number of rotatable bonds is 3. The van der Waals surface area contributed by atoms with Gasteiger partial charge < -0.3 is 9.64 Å². The van der Waals surface area contributed by atoms with E-state index in [0.29, 0.717) is 6.54 Å². The third kappa shape index (κ3) is 3.43. The topological polar surface area (TPSA) is 46.6 Å². The summed E-state index contributed by atoms with van der Waals surface area (Å²) in [7, 11) is 1.39. The van der Waals surface area contributed by atoms with E-state index in [9.17, 15) is 9.59 Å². The molecule has 4 heteroatoms. The summed E-state index contributed by atoms with van der Waals surface area (Å²) in [6, 6.07) is 5.75. The van der Waals surface area contributed by atoms with Gasteiger partial charge in [0.1, 0.15) is 0 Å². The zero-order chi connectivity index (χ0) is 15.4. The van der Waals surface area contributed by atoms with E-state index < -0.39 is 0 Å². The minimum Gasteiger partial charge on any atom is -0.469 e. The van der Waals surface area contributed by atoms with Crippen molar-refractivity contribution in [3.05, 3.63) is 34.9 Å². The normalized spacial score (nSPS) is 18.4. The van der Waals surface area contributed by atoms with Crippen molar-refractivity contribution in [1.82, 2.24) is 4.90 Å². The number of benzene rings is 1. The summed E-state index contributed by atoms with van der Waals surface area (Å²) in [5.41, 5.74) is 2.87. The van der Waals surface area contributed by atoms with Gasteiger partial charge >= 0.3 is 5.97 Å². The largest absolute Gasteiger partial charge is 0.469 e. The molecule has 1 aromatic rings. The highest BCUT2D eigenvalue weighted by Crippen LogP contribution is 2.24. The molecule has 0 radical (unpaired) electrons. The third-order valence-corrected chi connectivity index (χ3v) is 4.35. The maximum Gasteiger partial charge on any atom is 0.307 e. The number of hydrogen-bond donors (Lipinski definition) is 0. The van der Waals surface area contributed by atoms with Gasteiger partial charge in [-0.25, -0.2) is 0 Å². The van der Waals surface area contributed by atoms with Crippen molar-refractivity contribution in [2.45, 2.75) is 45.6 Å². The molecule has 1 aromatic carbocycles. The predicted octanol–water partition coefficient (Wildman–Crippen LogP) is 2.86. The highest BCUT2D eigenvalue weighted by atomic mass is 16.5. The van der Waals surface area contributed by atoms with E-state index in [0.717, 1.165) is 36.0 Å². The Balaban J connectivity index is 2.22. The molecule has 2 rings (SSSR count). The summed E-state index contributed by atoms with van der Waals surface area (Å²) in [4.78, 5) is 26.2. The van der Waals surface area contributed by atoms with Crippen LogP contribution in [0.4, 0.5) is 0 Å². The van der Waals surface area contributed by atoms with Gasteiger partial charge in [0.2, 0.25) is 0 Å². The molecule has 0 N–H and O–H groups in total. The smallest absolute Gasteiger partial charge is 0.307 e. The molecule has 1 unspecified atom stereocenters. The lowest BCUT2D eigenvalue weighted by atomic mass is 9.96. The Bertz CT molecular complexity index is 539. The number of ether oxygens (including phenoxy) is 1. The number of aryl methyl sites for hydroxylation is 1. The SMILES string of the molecule is COC(=O)CC1CCCCN1C(=O)c1cccc(C)c1C. The highest BCUT2D eigenvalue weighted by Gasteiger charge is 2.30. The number of esters is 1. The van der Waals surface area contributed by atoms with Crippen LogP contribution in [0.5, 0.6) is 0 Å². The minimum atomic E-state index is -0.249. The van der Waals surface area contributed by atoms with E-state index in [1.807, 2.05) is 36.9 Å². The number of piperidine rings is 1. The Morgan fingerprint density at radius 1 is 1.29 bits per heavy atom. The predicted molar refractivity (Wildman–Crippen MR) is 81.2 cm³/mol. The maximum atomic E-state index is 12.8. The van der Waals surface area contributed by atoms with Crippen LogP contribution in [0.15, 0.2) is 18.2 Å². The Labute approximate surface area is 126 Å². The van der Waals surface area contributed by atoms with Crippen molar-refractivity contribution in [3.63, 3.8) is 0 Å². The molecule has 1 heterocycles. The summed E-state index contributed by atoms with van der Waals surface area (Å²) in [6.45, 7) is 4.70. The van der Waals surface area contributed by atoms with Gasteiger partial charge in [0, 0.05) is 18.2 Å². The number of methoxy groups -OCH3 is 1. The number of carbonyl (C=O) groups excluding carboxylic acids is 2. The first-order chi connectivity index (χ1) is 10.0. The van der Waals surface area contributed by atoms with E-state index in [-0.39, 0.29) is 24.3 Å². The zero-order valence-electron chi connectivity index (χ0n) is 13.0. The second-order valence-corrected chi connectivity index (χ2v) is 5.68. The van der Waals surface area contributed by atoms with Crippen molar-refractivity contribution in [3.8, 4) is 0 Å². The summed E-state index contributed by atoms with van der Waals surface area (Å²) in [5, 5.41) is 0. The first-order valence-corrected chi connectivity index (χ1v) is 7.48.